The number of hydrogen-bond acceptors (Lipinski definition) is 3. The highest BCUT2D eigenvalue weighted by atomic mass is 16.5. The lowest BCUT2D eigenvalue weighted by Gasteiger charge is -2.37. The van der Waals surface area contributed by atoms with Crippen molar-refractivity contribution < 1.29 is 9.84 Å². The van der Waals surface area contributed by atoms with E-state index in [1.165, 1.54) is 12.8 Å². The average Bonchev–Trinajstić information content (AvgIpc) is 2.45. The highest BCUT2D eigenvalue weighted by Gasteiger charge is 2.39. The monoisotopic (exact) mass is 227 g/mol. The second-order valence-corrected chi connectivity index (χ2v) is 5.72. The SMILES string of the molecule is CC(C)COCCN1C2CCC1CC(O)C2. The minimum Gasteiger partial charge on any atom is -0.393 e. The fourth-order valence-electron chi connectivity index (χ4n) is 3.10. The quantitative estimate of drug-likeness (QED) is 0.725. The molecule has 16 heavy (non-hydrogen) atoms. The molecule has 2 rings (SSSR count). The van der Waals surface area contributed by atoms with Crippen LogP contribution >= 0.6 is 0 Å². The Morgan fingerprint density at radius 2 is 1.88 bits per heavy atom. The van der Waals surface area contributed by atoms with Crippen molar-refractivity contribution in [1.29, 1.82) is 0 Å². The van der Waals surface area contributed by atoms with E-state index in [-0.39, 0.29) is 6.10 Å². The van der Waals surface area contributed by atoms with Crippen LogP contribution in [0.25, 0.3) is 0 Å². The maximum atomic E-state index is 9.69. The third-order valence-electron chi connectivity index (χ3n) is 3.80. The van der Waals surface area contributed by atoms with E-state index in [9.17, 15) is 5.11 Å². The van der Waals surface area contributed by atoms with Gasteiger partial charge in [0.15, 0.2) is 0 Å². The predicted molar refractivity (Wildman–Crippen MR) is 64.4 cm³/mol. The average molecular weight is 227 g/mol. The van der Waals surface area contributed by atoms with Crippen LogP contribution in [0.3, 0.4) is 0 Å². The van der Waals surface area contributed by atoms with Crippen LogP contribution in [-0.4, -0.2) is 48.0 Å². The lowest BCUT2D eigenvalue weighted by molar-refractivity contribution is 0.0120. The molecular formula is C13H25NO2. The van der Waals surface area contributed by atoms with Crippen LogP contribution in [0, 0.1) is 5.92 Å². The standard InChI is InChI=1S/C13H25NO2/c1-10(2)9-16-6-5-14-11-3-4-12(14)8-13(15)7-11/h10-13,15H,3-9H2,1-2H3. The Morgan fingerprint density at radius 1 is 1.25 bits per heavy atom. The van der Waals surface area contributed by atoms with Crippen molar-refractivity contribution >= 4 is 0 Å². The summed E-state index contributed by atoms with van der Waals surface area (Å²) in [6, 6.07) is 1.24. The number of hydrogen-bond donors (Lipinski definition) is 1. The molecule has 94 valence electrons. The molecular weight excluding hydrogens is 202 g/mol. The van der Waals surface area contributed by atoms with Gasteiger partial charge in [-0.3, -0.25) is 4.90 Å². The summed E-state index contributed by atoms with van der Waals surface area (Å²) < 4.78 is 5.64. The maximum absolute atomic E-state index is 9.69. The molecule has 2 unspecified atom stereocenters. The van der Waals surface area contributed by atoms with E-state index < -0.39 is 0 Å². The number of ether oxygens (including phenoxy) is 1. The van der Waals surface area contributed by atoms with E-state index in [0.29, 0.717) is 18.0 Å². The normalized spacial score (nSPS) is 34.9. The first-order chi connectivity index (χ1) is 7.66. The summed E-state index contributed by atoms with van der Waals surface area (Å²) in [6.45, 7) is 7.13. The van der Waals surface area contributed by atoms with Crippen molar-refractivity contribution in [3.8, 4) is 0 Å². The predicted octanol–water partition coefficient (Wildman–Crippen LogP) is 1.65. The van der Waals surface area contributed by atoms with E-state index in [4.69, 9.17) is 4.74 Å². The molecule has 0 aromatic carbocycles. The van der Waals surface area contributed by atoms with Crippen molar-refractivity contribution in [2.45, 2.75) is 57.7 Å². The van der Waals surface area contributed by atoms with Gasteiger partial charge in [-0.25, -0.2) is 0 Å². The number of piperidine rings is 1. The third-order valence-corrected chi connectivity index (χ3v) is 3.80. The van der Waals surface area contributed by atoms with Crippen LogP contribution in [0.4, 0.5) is 0 Å². The molecule has 2 heterocycles. The van der Waals surface area contributed by atoms with Gasteiger partial charge in [0.25, 0.3) is 0 Å². The van der Waals surface area contributed by atoms with Gasteiger partial charge in [-0.05, 0) is 31.6 Å². The molecule has 3 heteroatoms. The molecule has 2 aliphatic heterocycles. The van der Waals surface area contributed by atoms with Gasteiger partial charge in [0.05, 0.1) is 12.7 Å². The Balaban J connectivity index is 1.70. The van der Waals surface area contributed by atoms with Gasteiger partial charge in [0.2, 0.25) is 0 Å². The summed E-state index contributed by atoms with van der Waals surface area (Å²) in [5.74, 6) is 0.625. The van der Waals surface area contributed by atoms with Crippen LogP contribution in [0.5, 0.6) is 0 Å². The molecule has 0 aromatic rings. The van der Waals surface area contributed by atoms with Crippen molar-refractivity contribution in [3.05, 3.63) is 0 Å². The van der Waals surface area contributed by atoms with Gasteiger partial charge in [-0.2, -0.15) is 0 Å². The summed E-state index contributed by atoms with van der Waals surface area (Å²) in [5, 5.41) is 9.69. The lowest BCUT2D eigenvalue weighted by atomic mass is 10.0. The van der Waals surface area contributed by atoms with Crippen molar-refractivity contribution in [1.82, 2.24) is 4.90 Å². The molecule has 2 atom stereocenters. The molecule has 0 aromatic heterocycles. The van der Waals surface area contributed by atoms with Gasteiger partial charge in [0.1, 0.15) is 0 Å². The summed E-state index contributed by atoms with van der Waals surface area (Å²) in [7, 11) is 0. The fraction of sp³-hybridized carbons (Fsp3) is 1.00. The zero-order valence-electron chi connectivity index (χ0n) is 10.6. The Hall–Kier alpha value is -0.120. The third kappa shape index (κ3) is 2.96. The molecule has 0 radical (unpaired) electrons. The first-order valence-corrected chi connectivity index (χ1v) is 6.68. The van der Waals surface area contributed by atoms with Crippen molar-refractivity contribution in [2.24, 2.45) is 5.92 Å². The van der Waals surface area contributed by atoms with Gasteiger partial charge >= 0.3 is 0 Å². The van der Waals surface area contributed by atoms with Crippen molar-refractivity contribution in [3.63, 3.8) is 0 Å². The van der Waals surface area contributed by atoms with E-state index >= 15 is 0 Å². The number of aliphatic hydroxyl groups excluding tert-OH is 1. The molecule has 1 N–H and O–H groups in total. The first-order valence-electron chi connectivity index (χ1n) is 6.68. The minimum absolute atomic E-state index is 0.0506. The van der Waals surface area contributed by atoms with Crippen LogP contribution in [-0.2, 0) is 4.74 Å². The summed E-state index contributed by atoms with van der Waals surface area (Å²) in [6.07, 6.45) is 4.43. The molecule has 0 spiro atoms. The van der Waals surface area contributed by atoms with E-state index in [0.717, 1.165) is 32.6 Å². The van der Waals surface area contributed by atoms with Crippen LogP contribution in [0.15, 0.2) is 0 Å². The summed E-state index contributed by atoms with van der Waals surface area (Å²) in [4.78, 5) is 2.56. The second-order valence-electron chi connectivity index (χ2n) is 5.72. The van der Waals surface area contributed by atoms with Crippen molar-refractivity contribution in [2.75, 3.05) is 19.8 Å². The Kier molecular flexibility index (Phi) is 4.22. The van der Waals surface area contributed by atoms with Gasteiger partial charge in [-0.15, -0.1) is 0 Å². The van der Waals surface area contributed by atoms with Gasteiger partial charge in [0, 0.05) is 25.2 Å². The molecule has 0 amide bonds. The fourth-order valence-corrected chi connectivity index (χ4v) is 3.10. The highest BCUT2D eigenvalue weighted by molar-refractivity contribution is 4.94. The Morgan fingerprint density at radius 3 is 2.44 bits per heavy atom. The number of fused-ring (bicyclic) bond motifs is 2. The first kappa shape index (κ1) is 12.3. The van der Waals surface area contributed by atoms with E-state index in [1.807, 2.05) is 0 Å². The number of aliphatic hydroxyl groups is 1. The Labute approximate surface area is 98.8 Å². The molecule has 2 saturated heterocycles. The van der Waals surface area contributed by atoms with E-state index in [1.54, 1.807) is 0 Å². The van der Waals surface area contributed by atoms with Gasteiger partial charge in [-0.1, -0.05) is 13.8 Å². The zero-order chi connectivity index (χ0) is 11.5. The van der Waals surface area contributed by atoms with Crippen LogP contribution < -0.4 is 0 Å². The van der Waals surface area contributed by atoms with E-state index in [2.05, 4.69) is 18.7 Å². The minimum atomic E-state index is -0.0506. The molecule has 2 bridgehead atoms. The van der Waals surface area contributed by atoms with Crippen LogP contribution in [0.2, 0.25) is 0 Å². The molecule has 3 nitrogen and oxygen atoms in total. The topological polar surface area (TPSA) is 32.7 Å². The maximum Gasteiger partial charge on any atom is 0.0593 e. The Bertz CT molecular complexity index is 206. The molecule has 2 fully saturated rings. The number of rotatable bonds is 5. The molecule has 0 saturated carbocycles. The second kappa shape index (κ2) is 5.48. The van der Waals surface area contributed by atoms with Gasteiger partial charge < -0.3 is 9.84 Å². The smallest absolute Gasteiger partial charge is 0.0593 e. The highest BCUT2D eigenvalue weighted by Crippen LogP contribution is 2.35. The zero-order valence-corrected chi connectivity index (χ0v) is 10.6. The lowest BCUT2D eigenvalue weighted by Crippen LogP contribution is -2.46. The summed E-state index contributed by atoms with van der Waals surface area (Å²) >= 11 is 0. The largest absolute Gasteiger partial charge is 0.393 e. The molecule has 0 aliphatic carbocycles. The number of nitrogens with zero attached hydrogens (tertiary/aromatic N) is 1. The van der Waals surface area contributed by atoms with Crippen LogP contribution in [0.1, 0.15) is 39.5 Å². The summed E-state index contributed by atoms with van der Waals surface area (Å²) in [5.41, 5.74) is 0. The molecule has 2 aliphatic rings.